The van der Waals surface area contributed by atoms with E-state index in [1.807, 2.05) is 23.4 Å². The van der Waals surface area contributed by atoms with E-state index >= 15 is 0 Å². The van der Waals surface area contributed by atoms with Gasteiger partial charge in [-0.3, -0.25) is 14.7 Å². The minimum atomic E-state index is 0.225. The Morgan fingerprint density at radius 3 is 2.81 bits per heavy atom. The third-order valence-corrected chi connectivity index (χ3v) is 5.47. The molecular weight excluding hydrogens is 324 g/mol. The van der Waals surface area contributed by atoms with Crippen LogP contribution in [0.3, 0.4) is 0 Å². The molecule has 1 amide bonds. The van der Waals surface area contributed by atoms with Crippen LogP contribution in [0, 0.1) is 6.92 Å². The van der Waals surface area contributed by atoms with E-state index in [1.54, 1.807) is 0 Å². The highest BCUT2D eigenvalue weighted by Gasteiger charge is 2.26. The SMILES string of the molecule is Cc1cnccc1N1CCCN(CC(=O)N2CCc3ccccc32)CC1. The summed E-state index contributed by atoms with van der Waals surface area (Å²) in [6, 6.07) is 10.4. The van der Waals surface area contributed by atoms with Crippen LogP contribution in [0.25, 0.3) is 0 Å². The van der Waals surface area contributed by atoms with Gasteiger partial charge in [0.2, 0.25) is 5.91 Å². The molecule has 2 aliphatic rings. The number of hydrogen-bond acceptors (Lipinski definition) is 4. The van der Waals surface area contributed by atoms with Gasteiger partial charge in [0.25, 0.3) is 0 Å². The van der Waals surface area contributed by atoms with Gasteiger partial charge in [0.1, 0.15) is 0 Å². The summed E-state index contributed by atoms with van der Waals surface area (Å²) in [5, 5.41) is 0. The summed E-state index contributed by atoms with van der Waals surface area (Å²) in [7, 11) is 0. The second kappa shape index (κ2) is 7.46. The number of amides is 1. The van der Waals surface area contributed by atoms with Gasteiger partial charge < -0.3 is 9.80 Å². The third-order valence-electron chi connectivity index (χ3n) is 5.47. The largest absolute Gasteiger partial charge is 0.370 e. The standard InChI is InChI=1S/C21H26N4O/c1-17-15-22-9-7-19(17)24-11-4-10-23(13-14-24)16-21(26)25-12-8-18-5-2-3-6-20(18)25/h2-3,5-7,9,15H,4,8,10-14,16H2,1H3. The number of aryl methyl sites for hydroxylation is 1. The molecule has 1 aromatic carbocycles. The normalized spacial score (nSPS) is 17.9. The number of hydrogen-bond donors (Lipinski definition) is 0. The Bertz CT molecular complexity index is 791. The van der Waals surface area contributed by atoms with Crippen LogP contribution in [0.15, 0.2) is 42.7 Å². The Labute approximate surface area is 155 Å². The molecule has 0 unspecified atom stereocenters. The van der Waals surface area contributed by atoms with Crippen LogP contribution in [-0.4, -0.2) is 55.1 Å². The highest BCUT2D eigenvalue weighted by Crippen LogP contribution is 2.27. The smallest absolute Gasteiger partial charge is 0.241 e. The topological polar surface area (TPSA) is 39.7 Å². The molecule has 2 aromatic rings. The van der Waals surface area contributed by atoms with Crippen molar-refractivity contribution in [1.29, 1.82) is 0 Å². The summed E-state index contributed by atoms with van der Waals surface area (Å²) in [4.78, 5) is 23.7. The molecule has 0 spiro atoms. The van der Waals surface area contributed by atoms with Gasteiger partial charge in [-0.1, -0.05) is 18.2 Å². The second-order valence-electron chi connectivity index (χ2n) is 7.20. The molecule has 0 atom stereocenters. The molecular formula is C21H26N4O. The molecule has 0 saturated carbocycles. The predicted molar refractivity (Wildman–Crippen MR) is 105 cm³/mol. The molecule has 136 valence electrons. The molecule has 0 radical (unpaired) electrons. The van der Waals surface area contributed by atoms with Gasteiger partial charge in [-0.05, 0) is 43.0 Å². The monoisotopic (exact) mass is 350 g/mol. The highest BCUT2D eigenvalue weighted by molar-refractivity contribution is 5.96. The molecule has 3 heterocycles. The maximum absolute atomic E-state index is 12.9. The number of benzene rings is 1. The zero-order chi connectivity index (χ0) is 17.9. The van der Waals surface area contributed by atoms with Crippen molar-refractivity contribution in [2.24, 2.45) is 0 Å². The first-order valence-corrected chi connectivity index (χ1v) is 9.48. The van der Waals surface area contributed by atoms with E-state index in [1.165, 1.54) is 16.8 Å². The van der Waals surface area contributed by atoms with E-state index in [2.05, 4.69) is 46.0 Å². The molecule has 26 heavy (non-hydrogen) atoms. The van der Waals surface area contributed by atoms with E-state index in [0.717, 1.165) is 51.3 Å². The minimum Gasteiger partial charge on any atom is -0.370 e. The lowest BCUT2D eigenvalue weighted by Gasteiger charge is -2.26. The summed E-state index contributed by atoms with van der Waals surface area (Å²) in [5.74, 6) is 0.225. The average molecular weight is 350 g/mol. The molecule has 0 bridgehead atoms. The number of nitrogens with zero attached hydrogens (tertiary/aromatic N) is 4. The summed E-state index contributed by atoms with van der Waals surface area (Å²) in [6.07, 6.45) is 5.83. The van der Waals surface area contributed by atoms with Crippen LogP contribution in [0.4, 0.5) is 11.4 Å². The van der Waals surface area contributed by atoms with Gasteiger partial charge in [0, 0.05) is 56.5 Å². The van der Waals surface area contributed by atoms with Gasteiger partial charge in [-0.2, -0.15) is 0 Å². The average Bonchev–Trinajstić information content (AvgIpc) is 2.96. The van der Waals surface area contributed by atoms with Gasteiger partial charge >= 0.3 is 0 Å². The molecule has 1 aromatic heterocycles. The Hall–Kier alpha value is -2.40. The van der Waals surface area contributed by atoms with Gasteiger partial charge in [0.15, 0.2) is 0 Å². The maximum Gasteiger partial charge on any atom is 0.241 e. The van der Waals surface area contributed by atoms with Gasteiger partial charge in [0.05, 0.1) is 6.54 Å². The van der Waals surface area contributed by atoms with Crippen molar-refractivity contribution in [1.82, 2.24) is 9.88 Å². The van der Waals surface area contributed by atoms with Gasteiger partial charge in [-0.15, -0.1) is 0 Å². The predicted octanol–water partition coefficient (Wildman–Crippen LogP) is 2.49. The quantitative estimate of drug-likeness (QED) is 0.853. The molecule has 4 rings (SSSR count). The molecule has 2 aliphatic heterocycles. The maximum atomic E-state index is 12.9. The zero-order valence-corrected chi connectivity index (χ0v) is 15.4. The lowest BCUT2D eigenvalue weighted by molar-refractivity contribution is -0.119. The molecule has 1 fully saturated rings. The molecule has 5 nitrogen and oxygen atoms in total. The molecule has 0 N–H and O–H groups in total. The summed E-state index contributed by atoms with van der Waals surface area (Å²) >= 11 is 0. The van der Waals surface area contributed by atoms with Crippen molar-refractivity contribution in [3.8, 4) is 0 Å². The fraction of sp³-hybridized carbons (Fsp3) is 0.429. The van der Waals surface area contributed by atoms with Crippen LogP contribution < -0.4 is 9.80 Å². The number of aromatic nitrogens is 1. The lowest BCUT2D eigenvalue weighted by Crippen LogP contribution is -2.41. The number of para-hydroxylation sites is 1. The number of pyridine rings is 1. The van der Waals surface area contributed by atoms with Crippen LogP contribution in [0.1, 0.15) is 17.5 Å². The first kappa shape index (κ1) is 17.0. The Morgan fingerprint density at radius 1 is 1.04 bits per heavy atom. The number of anilines is 2. The summed E-state index contributed by atoms with van der Waals surface area (Å²) in [6.45, 7) is 7.31. The van der Waals surface area contributed by atoms with Crippen LogP contribution >= 0.6 is 0 Å². The minimum absolute atomic E-state index is 0.225. The third kappa shape index (κ3) is 3.44. The summed E-state index contributed by atoms with van der Waals surface area (Å²) < 4.78 is 0. The zero-order valence-electron chi connectivity index (χ0n) is 15.4. The van der Waals surface area contributed by atoms with E-state index in [4.69, 9.17) is 0 Å². The molecule has 0 aliphatic carbocycles. The van der Waals surface area contributed by atoms with Crippen molar-refractivity contribution in [3.63, 3.8) is 0 Å². The lowest BCUT2D eigenvalue weighted by atomic mass is 10.2. The number of rotatable bonds is 3. The summed E-state index contributed by atoms with van der Waals surface area (Å²) in [5.41, 5.74) is 4.87. The first-order valence-electron chi connectivity index (χ1n) is 9.48. The van der Waals surface area contributed by atoms with Gasteiger partial charge in [-0.25, -0.2) is 0 Å². The van der Waals surface area contributed by atoms with E-state index < -0.39 is 0 Å². The second-order valence-corrected chi connectivity index (χ2v) is 7.20. The highest BCUT2D eigenvalue weighted by atomic mass is 16.2. The fourth-order valence-corrected chi connectivity index (χ4v) is 4.06. The Kier molecular flexibility index (Phi) is 4.89. The van der Waals surface area contributed by atoms with Crippen molar-refractivity contribution in [2.75, 3.05) is 49.1 Å². The van der Waals surface area contributed by atoms with Crippen LogP contribution in [-0.2, 0) is 11.2 Å². The number of carbonyl (C=O) groups excluding carboxylic acids is 1. The van der Waals surface area contributed by atoms with Crippen LogP contribution in [0.2, 0.25) is 0 Å². The van der Waals surface area contributed by atoms with E-state index in [9.17, 15) is 4.79 Å². The molecule has 1 saturated heterocycles. The first-order chi connectivity index (χ1) is 12.7. The van der Waals surface area contributed by atoms with E-state index in [0.29, 0.717) is 6.54 Å². The van der Waals surface area contributed by atoms with Crippen molar-refractivity contribution in [3.05, 3.63) is 53.9 Å². The van der Waals surface area contributed by atoms with Crippen molar-refractivity contribution >= 4 is 17.3 Å². The Balaban J connectivity index is 1.38. The van der Waals surface area contributed by atoms with E-state index in [-0.39, 0.29) is 5.91 Å². The number of fused-ring (bicyclic) bond motifs is 1. The number of carbonyl (C=O) groups is 1. The Morgan fingerprint density at radius 2 is 1.92 bits per heavy atom. The van der Waals surface area contributed by atoms with Crippen molar-refractivity contribution in [2.45, 2.75) is 19.8 Å². The van der Waals surface area contributed by atoms with Crippen LogP contribution in [0.5, 0.6) is 0 Å². The van der Waals surface area contributed by atoms with Crippen molar-refractivity contribution < 1.29 is 4.79 Å². The molecule has 5 heteroatoms. The fourth-order valence-electron chi connectivity index (χ4n) is 4.06.